The Hall–Kier alpha value is -2.38. The number of nitrogens with zero attached hydrogens (tertiary/aromatic N) is 2. The van der Waals surface area contributed by atoms with Crippen LogP contribution >= 0.6 is 0 Å². The Labute approximate surface area is 157 Å². The number of aromatic amines is 1. The van der Waals surface area contributed by atoms with Crippen molar-refractivity contribution in [2.45, 2.75) is 52.6 Å². The Kier molecular flexibility index (Phi) is 5.53. The van der Waals surface area contributed by atoms with Gasteiger partial charge in [0.2, 0.25) is 11.8 Å². The summed E-state index contributed by atoms with van der Waals surface area (Å²) in [5.74, 6) is 1.00. The van der Waals surface area contributed by atoms with Gasteiger partial charge in [-0.05, 0) is 31.6 Å². The summed E-state index contributed by atoms with van der Waals surface area (Å²) in [6, 6.07) is -0.0827. The molecule has 1 saturated carbocycles. The van der Waals surface area contributed by atoms with E-state index in [-0.39, 0.29) is 30.3 Å². The second-order valence-electron chi connectivity index (χ2n) is 8.27. The third kappa shape index (κ3) is 4.67. The van der Waals surface area contributed by atoms with Gasteiger partial charge in [0.15, 0.2) is 0 Å². The molecule has 8 heteroatoms. The van der Waals surface area contributed by atoms with Crippen molar-refractivity contribution in [3.05, 3.63) is 32.6 Å². The predicted octanol–water partition coefficient (Wildman–Crippen LogP) is 0.244. The smallest absolute Gasteiger partial charge is 0.328 e. The van der Waals surface area contributed by atoms with Crippen LogP contribution in [0.3, 0.4) is 0 Å². The van der Waals surface area contributed by atoms with Gasteiger partial charge in [-0.2, -0.15) is 0 Å². The molecule has 2 fully saturated rings. The molecule has 1 aromatic rings. The quantitative estimate of drug-likeness (QED) is 0.742. The largest absolute Gasteiger partial charge is 0.350 e. The highest BCUT2D eigenvalue weighted by molar-refractivity contribution is 5.78. The number of amides is 2. The number of hydrogen-bond donors (Lipinski definition) is 2. The first kappa shape index (κ1) is 19.4. The summed E-state index contributed by atoms with van der Waals surface area (Å²) in [5.41, 5.74) is -0.662. The van der Waals surface area contributed by atoms with Gasteiger partial charge < -0.3 is 10.2 Å². The first-order valence-electron chi connectivity index (χ1n) is 9.62. The molecule has 0 spiro atoms. The Balaban J connectivity index is 1.65. The molecule has 0 bridgehead atoms. The second kappa shape index (κ2) is 7.70. The SMILES string of the molecule is Cc1cn(CC(=O)N[C@@H]2CN(C(=O)CC(C)C)C[C@H]2C2CC2)c(=O)[nH]c1=O. The fraction of sp³-hybridized carbons (Fsp3) is 0.684. The third-order valence-electron chi connectivity index (χ3n) is 5.38. The van der Waals surface area contributed by atoms with Crippen molar-refractivity contribution in [2.24, 2.45) is 17.8 Å². The summed E-state index contributed by atoms with van der Waals surface area (Å²) >= 11 is 0. The summed E-state index contributed by atoms with van der Waals surface area (Å²) < 4.78 is 1.20. The van der Waals surface area contributed by atoms with Crippen LogP contribution in [0.5, 0.6) is 0 Å². The van der Waals surface area contributed by atoms with E-state index in [1.165, 1.54) is 10.8 Å². The fourth-order valence-electron chi connectivity index (χ4n) is 3.81. The Bertz CT molecular complexity index is 837. The third-order valence-corrected chi connectivity index (χ3v) is 5.38. The molecule has 3 rings (SSSR count). The van der Waals surface area contributed by atoms with Crippen LogP contribution in [0.1, 0.15) is 38.7 Å². The Morgan fingerprint density at radius 3 is 2.59 bits per heavy atom. The summed E-state index contributed by atoms with van der Waals surface area (Å²) in [6.07, 6.45) is 4.19. The van der Waals surface area contributed by atoms with Crippen LogP contribution < -0.4 is 16.6 Å². The molecule has 1 aromatic heterocycles. The summed E-state index contributed by atoms with van der Waals surface area (Å²) in [5, 5.41) is 3.01. The van der Waals surface area contributed by atoms with E-state index in [4.69, 9.17) is 0 Å². The van der Waals surface area contributed by atoms with Gasteiger partial charge in [-0.25, -0.2) is 4.79 Å². The van der Waals surface area contributed by atoms with Crippen LogP contribution in [0.15, 0.2) is 15.8 Å². The lowest BCUT2D eigenvalue weighted by Crippen LogP contribution is -2.44. The molecular formula is C19H28N4O4. The van der Waals surface area contributed by atoms with E-state index in [1.54, 1.807) is 6.92 Å². The van der Waals surface area contributed by atoms with Gasteiger partial charge >= 0.3 is 5.69 Å². The number of carbonyl (C=O) groups excluding carboxylic acids is 2. The van der Waals surface area contributed by atoms with Crippen molar-refractivity contribution in [1.29, 1.82) is 0 Å². The lowest BCUT2D eigenvalue weighted by Gasteiger charge is -2.19. The molecule has 1 saturated heterocycles. The molecule has 148 valence electrons. The molecular weight excluding hydrogens is 348 g/mol. The van der Waals surface area contributed by atoms with Gasteiger partial charge in [0, 0.05) is 37.2 Å². The minimum Gasteiger partial charge on any atom is -0.350 e. The number of likely N-dealkylation sites (tertiary alicyclic amines) is 1. The zero-order chi connectivity index (χ0) is 19.7. The highest BCUT2D eigenvalue weighted by Crippen LogP contribution is 2.41. The number of nitrogens with one attached hydrogen (secondary N) is 2. The van der Waals surface area contributed by atoms with Crippen molar-refractivity contribution in [1.82, 2.24) is 19.8 Å². The Morgan fingerprint density at radius 2 is 1.96 bits per heavy atom. The zero-order valence-electron chi connectivity index (χ0n) is 16.2. The molecule has 8 nitrogen and oxygen atoms in total. The van der Waals surface area contributed by atoms with Crippen molar-refractivity contribution >= 4 is 11.8 Å². The van der Waals surface area contributed by atoms with E-state index in [9.17, 15) is 19.2 Å². The molecule has 1 aliphatic heterocycles. The maximum Gasteiger partial charge on any atom is 0.328 e. The second-order valence-corrected chi connectivity index (χ2v) is 8.27. The predicted molar refractivity (Wildman–Crippen MR) is 100 cm³/mol. The van der Waals surface area contributed by atoms with E-state index in [1.807, 2.05) is 18.7 Å². The van der Waals surface area contributed by atoms with Crippen molar-refractivity contribution in [3.8, 4) is 0 Å². The minimum absolute atomic E-state index is 0.0827. The van der Waals surface area contributed by atoms with Gasteiger partial charge in [0.05, 0.1) is 6.04 Å². The lowest BCUT2D eigenvalue weighted by atomic mass is 9.98. The molecule has 1 aliphatic carbocycles. The van der Waals surface area contributed by atoms with Crippen LogP contribution in [-0.4, -0.2) is 45.4 Å². The maximum absolute atomic E-state index is 12.5. The standard InChI is InChI=1S/C19H28N4O4/c1-11(2)6-17(25)22-8-14(13-4-5-13)15(9-22)20-16(24)10-23-7-12(3)18(26)21-19(23)27/h7,11,13-15H,4-6,8-10H2,1-3H3,(H,20,24)(H,21,26,27)/t14-,15+/m0/s1. The number of aromatic nitrogens is 2. The summed E-state index contributed by atoms with van der Waals surface area (Å²) in [7, 11) is 0. The molecule has 27 heavy (non-hydrogen) atoms. The molecule has 0 radical (unpaired) electrons. The van der Waals surface area contributed by atoms with Gasteiger partial charge in [-0.1, -0.05) is 13.8 Å². The zero-order valence-corrected chi connectivity index (χ0v) is 16.2. The van der Waals surface area contributed by atoms with Crippen LogP contribution in [-0.2, 0) is 16.1 Å². The summed E-state index contributed by atoms with van der Waals surface area (Å²) in [4.78, 5) is 52.3. The molecule has 2 N–H and O–H groups in total. The molecule has 2 heterocycles. The highest BCUT2D eigenvalue weighted by Gasteiger charge is 2.44. The Morgan fingerprint density at radius 1 is 1.26 bits per heavy atom. The van der Waals surface area contributed by atoms with Crippen molar-refractivity contribution in [2.75, 3.05) is 13.1 Å². The fourth-order valence-corrected chi connectivity index (χ4v) is 3.81. The highest BCUT2D eigenvalue weighted by atomic mass is 16.2. The number of carbonyl (C=O) groups is 2. The normalized spacial score (nSPS) is 22.3. The number of aryl methyl sites for hydroxylation is 1. The van der Waals surface area contributed by atoms with E-state index in [0.717, 1.165) is 12.8 Å². The van der Waals surface area contributed by atoms with E-state index < -0.39 is 11.2 Å². The average molecular weight is 376 g/mol. The monoisotopic (exact) mass is 376 g/mol. The van der Waals surface area contributed by atoms with Crippen molar-refractivity contribution in [3.63, 3.8) is 0 Å². The van der Waals surface area contributed by atoms with E-state index in [0.29, 0.717) is 36.9 Å². The molecule has 0 aromatic carbocycles. The first-order valence-corrected chi connectivity index (χ1v) is 9.62. The van der Waals surface area contributed by atoms with Gasteiger partial charge in [0.25, 0.3) is 5.56 Å². The van der Waals surface area contributed by atoms with Crippen LogP contribution in [0.2, 0.25) is 0 Å². The van der Waals surface area contributed by atoms with Crippen LogP contribution in [0.25, 0.3) is 0 Å². The number of rotatable bonds is 6. The first-order chi connectivity index (χ1) is 12.7. The van der Waals surface area contributed by atoms with Gasteiger partial charge in [-0.3, -0.25) is 23.9 Å². The maximum atomic E-state index is 12.5. The summed E-state index contributed by atoms with van der Waals surface area (Å²) in [6.45, 7) is 6.71. The molecule has 0 unspecified atom stereocenters. The minimum atomic E-state index is -0.598. The molecule has 2 atom stereocenters. The molecule has 2 aliphatic rings. The topological polar surface area (TPSA) is 104 Å². The number of H-pyrrole nitrogens is 1. The lowest BCUT2D eigenvalue weighted by molar-refractivity contribution is -0.131. The van der Waals surface area contributed by atoms with E-state index >= 15 is 0 Å². The average Bonchev–Trinajstić information content (AvgIpc) is 3.33. The number of hydrogen-bond acceptors (Lipinski definition) is 4. The van der Waals surface area contributed by atoms with Gasteiger partial charge in [-0.15, -0.1) is 0 Å². The van der Waals surface area contributed by atoms with E-state index in [2.05, 4.69) is 10.3 Å². The molecule has 2 amide bonds. The van der Waals surface area contributed by atoms with Crippen LogP contribution in [0, 0.1) is 24.7 Å². The van der Waals surface area contributed by atoms with Crippen LogP contribution in [0.4, 0.5) is 0 Å². The van der Waals surface area contributed by atoms with Crippen molar-refractivity contribution < 1.29 is 9.59 Å². The van der Waals surface area contributed by atoms with Gasteiger partial charge in [0.1, 0.15) is 6.54 Å².